The Labute approximate surface area is 241 Å². The Morgan fingerprint density at radius 3 is 2.68 bits per heavy atom. The van der Waals surface area contributed by atoms with Crippen LogP contribution in [0.2, 0.25) is 0 Å². The van der Waals surface area contributed by atoms with Crippen molar-refractivity contribution in [2.24, 2.45) is 0 Å². The van der Waals surface area contributed by atoms with E-state index in [0.29, 0.717) is 23.5 Å². The number of aromatic amines is 1. The highest BCUT2D eigenvalue weighted by atomic mass is 16.7. The van der Waals surface area contributed by atoms with Crippen molar-refractivity contribution in [3.63, 3.8) is 0 Å². The predicted octanol–water partition coefficient (Wildman–Crippen LogP) is 3.57. The number of fused-ring (bicyclic) bond motifs is 3. The van der Waals surface area contributed by atoms with Crippen molar-refractivity contribution in [1.29, 1.82) is 0 Å². The van der Waals surface area contributed by atoms with Gasteiger partial charge in [-0.15, -0.1) is 0 Å². The molecule has 3 heterocycles. The van der Waals surface area contributed by atoms with E-state index >= 15 is 0 Å². The minimum atomic E-state index is -1.37. The van der Waals surface area contributed by atoms with Gasteiger partial charge in [-0.3, -0.25) is 20.1 Å². The van der Waals surface area contributed by atoms with Crippen LogP contribution in [0.1, 0.15) is 81.6 Å². The molecule has 0 saturated carbocycles. The molecule has 1 saturated heterocycles. The van der Waals surface area contributed by atoms with Gasteiger partial charge >= 0.3 is 0 Å². The highest BCUT2D eigenvalue weighted by molar-refractivity contribution is 6.05. The maximum atomic E-state index is 13.5. The number of nitrogens with two attached hydrogens (primary N) is 1. The average Bonchev–Trinajstić information content (AvgIpc) is 3.32. The van der Waals surface area contributed by atoms with Crippen LogP contribution >= 0.6 is 0 Å². The molecule has 11 nitrogen and oxygen atoms in total. The van der Waals surface area contributed by atoms with Crippen LogP contribution in [0.15, 0.2) is 30.5 Å². The number of anilines is 2. The van der Waals surface area contributed by atoms with Crippen molar-refractivity contribution in [3.05, 3.63) is 52.8 Å². The van der Waals surface area contributed by atoms with Crippen molar-refractivity contribution in [3.8, 4) is 11.4 Å². The molecule has 6 N–H and O–H groups in total. The highest BCUT2D eigenvalue weighted by Gasteiger charge is 2.38. The van der Waals surface area contributed by atoms with Gasteiger partial charge in [-0.25, -0.2) is 9.97 Å². The van der Waals surface area contributed by atoms with E-state index in [1.165, 1.54) is 0 Å². The molecule has 1 unspecified atom stereocenters. The van der Waals surface area contributed by atoms with Gasteiger partial charge in [-0.05, 0) is 81.8 Å². The number of nitrogen functional groups attached to an aromatic ring is 1. The maximum absolute atomic E-state index is 13.5. The van der Waals surface area contributed by atoms with Crippen LogP contribution in [0.4, 0.5) is 11.6 Å². The third-order valence-electron chi connectivity index (χ3n) is 7.57. The number of hydrogen-bond acceptors (Lipinski definition) is 9. The number of hydrogen-bond donors (Lipinski definition) is 5. The zero-order chi connectivity index (χ0) is 29.6. The number of aromatic nitrogens is 4. The molecule has 1 aliphatic heterocycles. The van der Waals surface area contributed by atoms with Gasteiger partial charge in [0.25, 0.3) is 5.91 Å². The third kappa shape index (κ3) is 6.75. The number of amides is 1. The molecule has 5 rings (SSSR count). The molecular weight excluding hydrogens is 520 g/mol. The summed E-state index contributed by atoms with van der Waals surface area (Å²) >= 11 is 0. The fourth-order valence-electron chi connectivity index (χ4n) is 6.10. The number of rotatable bonds is 7. The average molecular weight is 563 g/mol. The van der Waals surface area contributed by atoms with Crippen LogP contribution in [0, 0.1) is 0 Å². The quantitative estimate of drug-likeness (QED) is 0.272. The van der Waals surface area contributed by atoms with Gasteiger partial charge in [0.05, 0.1) is 17.0 Å². The fourth-order valence-corrected chi connectivity index (χ4v) is 6.10. The number of likely N-dealkylation sites (tertiary alicyclic amines) is 1. The van der Waals surface area contributed by atoms with E-state index in [-0.39, 0.29) is 23.3 Å². The van der Waals surface area contributed by atoms with Crippen LogP contribution in [-0.2, 0) is 23.1 Å². The number of carbonyl (C=O) groups is 1. The highest BCUT2D eigenvalue weighted by Crippen LogP contribution is 2.42. The van der Waals surface area contributed by atoms with Crippen LogP contribution in [0.25, 0.3) is 11.4 Å². The summed E-state index contributed by atoms with van der Waals surface area (Å²) in [4.78, 5) is 24.4. The molecule has 1 aromatic carbocycles. The van der Waals surface area contributed by atoms with Gasteiger partial charge in [-0.1, -0.05) is 26.0 Å². The van der Waals surface area contributed by atoms with E-state index in [4.69, 9.17) is 10.5 Å². The third-order valence-corrected chi connectivity index (χ3v) is 7.57. The molecule has 1 amide bonds. The standard InChI is InChI=1S/C30H42N8O3/c1-28(2,3)41-30(6,40)35-20-10-12-38(13-11-20)17-18-8-7-9-21(14-18)33-26(39)25-22-24(36-37-25)23-19(15-29(22,4)5)16-32-27(31)34-23/h7-9,14,16,20,35,40H,10-13,15,17H2,1-6H3,(H,33,39)(H,36,37)(H2,31,32,34). The smallest absolute Gasteiger partial charge is 0.276 e. The largest absolute Gasteiger partial charge is 0.368 e. The van der Waals surface area contributed by atoms with Crippen LogP contribution < -0.4 is 16.4 Å². The Kier molecular flexibility index (Phi) is 7.66. The Hall–Kier alpha value is -3.38. The van der Waals surface area contributed by atoms with Gasteiger partial charge in [0.1, 0.15) is 0 Å². The van der Waals surface area contributed by atoms with Crippen molar-refractivity contribution >= 4 is 17.5 Å². The summed E-state index contributed by atoms with van der Waals surface area (Å²) in [7, 11) is 0. The summed E-state index contributed by atoms with van der Waals surface area (Å²) in [6, 6.07) is 8.11. The summed E-state index contributed by atoms with van der Waals surface area (Å²) in [5.74, 6) is -1.45. The van der Waals surface area contributed by atoms with Gasteiger partial charge in [0.15, 0.2) is 5.69 Å². The molecule has 0 bridgehead atoms. The Morgan fingerprint density at radius 2 is 1.98 bits per heavy atom. The molecule has 2 aromatic heterocycles. The number of ether oxygens (including phenoxy) is 1. The first-order chi connectivity index (χ1) is 19.2. The summed E-state index contributed by atoms with van der Waals surface area (Å²) in [5, 5.41) is 24.4. The first kappa shape index (κ1) is 29.1. The zero-order valence-electron chi connectivity index (χ0n) is 24.8. The first-order valence-corrected chi connectivity index (χ1v) is 14.2. The number of carbonyl (C=O) groups excluding carboxylic acids is 1. The number of H-pyrrole nitrogens is 1. The first-order valence-electron chi connectivity index (χ1n) is 14.2. The molecule has 1 fully saturated rings. The molecule has 0 radical (unpaired) electrons. The van der Waals surface area contributed by atoms with Crippen molar-refractivity contribution in [1.82, 2.24) is 30.4 Å². The number of aliphatic hydroxyl groups is 1. The number of benzene rings is 1. The molecule has 3 aromatic rings. The van der Waals surface area contributed by atoms with E-state index in [2.05, 4.69) is 55.6 Å². The maximum Gasteiger partial charge on any atom is 0.276 e. The van der Waals surface area contributed by atoms with E-state index < -0.39 is 11.5 Å². The lowest BCUT2D eigenvalue weighted by atomic mass is 9.73. The number of nitrogens with zero attached hydrogens (tertiary/aromatic N) is 4. The van der Waals surface area contributed by atoms with E-state index in [1.54, 1.807) is 13.1 Å². The van der Waals surface area contributed by atoms with Crippen LogP contribution in [0.5, 0.6) is 0 Å². The second-order valence-electron chi connectivity index (χ2n) is 13.0. The van der Waals surface area contributed by atoms with E-state index in [9.17, 15) is 9.90 Å². The van der Waals surface area contributed by atoms with E-state index in [1.807, 2.05) is 39.0 Å². The normalized spacial score (nSPS) is 18.8. The Balaban J connectivity index is 1.22. The molecule has 2 aliphatic rings. The minimum absolute atomic E-state index is 0.174. The Morgan fingerprint density at radius 1 is 1.24 bits per heavy atom. The molecule has 41 heavy (non-hydrogen) atoms. The zero-order valence-corrected chi connectivity index (χ0v) is 24.8. The summed E-state index contributed by atoms with van der Waals surface area (Å²) in [6.45, 7) is 14.2. The second kappa shape index (κ2) is 10.8. The summed E-state index contributed by atoms with van der Waals surface area (Å²) in [5.41, 5.74) is 10.5. The molecule has 220 valence electrons. The van der Waals surface area contributed by atoms with Gasteiger partial charge in [0.2, 0.25) is 11.9 Å². The number of piperidine rings is 1. The van der Waals surface area contributed by atoms with Crippen LogP contribution in [-0.4, -0.2) is 66.7 Å². The molecule has 11 heteroatoms. The predicted molar refractivity (Wildman–Crippen MR) is 158 cm³/mol. The second-order valence-corrected chi connectivity index (χ2v) is 13.0. The van der Waals surface area contributed by atoms with Gasteiger partial charge in [-0.2, -0.15) is 5.10 Å². The minimum Gasteiger partial charge on any atom is -0.368 e. The van der Waals surface area contributed by atoms with Crippen molar-refractivity contribution in [2.45, 2.75) is 90.3 Å². The molecule has 1 atom stereocenters. The molecule has 1 aliphatic carbocycles. The summed E-state index contributed by atoms with van der Waals surface area (Å²) in [6.07, 6.45) is 4.23. The Bertz CT molecular complexity index is 1420. The topological polar surface area (TPSA) is 154 Å². The van der Waals surface area contributed by atoms with Gasteiger partial charge in [0, 0.05) is 37.0 Å². The monoisotopic (exact) mass is 562 g/mol. The lowest BCUT2D eigenvalue weighted by Crippen LogP contribution is -2.55. The molecule has 0 spiro atoms. The van der Waals surface area contributed by atoms with Crippen LogP contribution in [0.3, 0.4) is 0 Å². The molecular formula is C30H42N8O3. The van der Waals surface area contributed by atoms with Crippen molar-refractivity contribution in [2.75, 3.05) is 24.1 Å². The lowest BCUT2D eigenvalue weighted by Gasteiger charge is -2.39. The SMILES string of the molecule is CC(C)(C)OC(C)(O)NC1CCN(Cc2cccc(NC(=O)c3n[nH]c4c3C(C)(C)Cc3cnc(N)nc3-4)c2)CC1. The number of nitrogens with one attached hydrogen (secondary N) is 3. The van der Waals surface area contributed by atoms with Gasteiger partial charge < -0.3 is 20.9 Å². The van der Waals surface area contributed by atoms with E-state index in [0.717, 1.165) is 54.9 Å². The van der Waals surface area contributed by atoms with Crippen molar-refractivity contribution < 1.29 is 14.6 Å². The fraction of sp³-hybridized carbons (Fsp3) is 0.533. The lowest BCUT2D eigenvalue weighted by molar-refractivity contribution is -0.264. The summed E-state index contributed by atoms with van der Waals surface area (Å²) < 4.78 is 5.76.